The van der Waals surface area contributed by atoms with E-state index >= 15 is 0 Å². The minimum atomic E-state index is -2.42. The van der Waals surface area contributed by atoms with Crippen LogP contribution in [0, 0.1) is 5.92 Å². The lowest BCUT2D eigenvalue weighted by Crippen LogP contribution is -2.26. The SMILES string of the molecule is FC(F)(CCBr)C1CCCC1. The van der Waals surface area contributed by atoms with Gasteiger partial charge < -0.3 is 0 Å². The molecule has 0 aromatic rings. The monoisotopic (exact) mass is 226 g/mol. The Bertz CT molecular complexity index is 119. The molecule has 3 heteroatoms. The van der Waals surface area contributed by atoms with Crippen molar-refractivity contribution < 1.29 is 8.78 Å². The average Bonchev–Trinajstić information content (AvgIpc) is 2.37. The molecule has 11 heavy (non-hydrogen) atoms. The molecule has 0 saturated heterocycles. The number of hydrogen-bond acceptors (Lipinski definition) is 0. The van der Waals surface area contributed by atoms with Crippen LogP contribution in [-0.2, 0) is 0 Å². The van der Waals surface area contributed by atoms with Gasteiger partial charge in [-0.15, -0.1) is 0 Å². The second-order valence-electron chi connectivity index (χ2n) is 3.18. The molecule has 66 valence electrons. The van der Waals surface area contributed by atoms with Crippen molar-refractivity contribution in [2.45, 2.75) is 38.0 Å². The molecule has 1 aliphatic rings. The largest absolute Gasteiger partial charge is 0.251 e. The second-order valence-corrected chi connectivity index (χ2v) is 3.97. The van der Waals surface area contributed by atoms with Gasteiger partial charge in [-0.1, -0.05) is 28.8 Å². The van der Waals surface area contributed by atoms with Crippen LogP contribution in [0.25, 0.3) is 0 Å². The Balaban J connectivity index is 2.41. The van der Waals surface area contributed by atoms with Gasteiger partial charge in [0, 0.05) is 17.7 Å². The number of halogens is 3. The Labute approximate surface area is 74.5 Å². The van der Waals surface area contributed by atoms with Gasteiger partial charge in [-0.25, -0.2) is 8.78 Å². The lowest BCUT2D eigenvalue weighted by molar-refractivity contribution is -0.0573. The first-order valence-electron chi connectivity index (χ1n) is 4.10. The Morgan fingerprint density at radius 3 is 2.27 bits per heavy atom. The third-order valence-corrected chi connectivity index (χ3v) is 2.78. The molecule has 1 saturated carbocycles. The molecule has 0 atom stereocenters. The molecule has 0 spiro atoms. The summed E-state index contributed by atoms with van der Waals surface area (Å²) in [4.78, 5) is 0. The van der Waals surface area contributed by atoms with Crippen LogP contribution in [0.2, 0.25) is 0 Å². The molecule has 0 radical (unpaired) electrons. The molecule has 0 N–H and O–H groups in total. The summed E-state index contributed by atoms with van der Waals surface area (Å²) in [5.74, 6) is -2.75. The summed E-state index contributed by atoms with van der Waals surface area (Å²) in [6, 6.07) is 0. The molecule has 0 bridgehead atoms. The van der Waals surface area contributed by atoms with Crippen LogP contribution in [0.5, 0.6) is 0 Å². The number of alkyl halides is 3. The Hall–Kier alpha value is 0.340. The summed E-state index contributed by atoms with van der Waals surface area (Å²) >= 11 is 3.05. The van der Waals surface area contributed by atoms with Crippen molar-refractivity contribution in [3.05, 3.63) is 0 Å². The Kier molecular flexibility index (Phi) is 3.29. The van der Waals surface area contributed by atoms with Crippen LogP contribution in [0.3, 0.4) is 0 Å². The second kappa shape index (κ2) is 3.83. The van der Waals surface area contributed by atoms with E-state index in [0.29, 0.717) is 5.33 Å². The maximum absolute atomic E-state index is 13.1. The van der Waals surface area contributed by atoms with Crippen molar-refractivity contribution in [2.24, 2.45) is 5.92 Å². The predicted octanol–water partition coefficient (Wildman–Crippen LogP) is 3.60. The minimum Gasteiger partial charge on any atom is -0.207 e. The fourth-order valence-electron chi connectivity index (χ4n) is 1.68. The van der Waals surface area contributed by atoms with E-state index in [9.17, 15) is 8.78 Å². The first-order valence-corrected chi connectivity index (χ1v) is 5.23. The standard InChI is InChI=1S/C8H13BrF2/c9-6-5-8(10,11)7-3-1-2-4-7/h7H,1-6H2. The fraction of sp³-hybridized carbons (Fsp3) is 1.00. The Morgan fingerprint density at radius 2 is 1.82 bits per heavy atom. The normalized spacial score (nSPS) is 21.0. The summed E-state index contributed by atoms with van der Waals surface area (Å²) in [5.41, 5.74) is 0. The zero-order valence-electron chi connectivity index (χ0n) is 6.45. The predicted molar refractivity (Wildman–Crippen MR) is 45.3 cm³/mol. The van der Waals surface area contributed by atoms with E-state index in [0.717, 1.165) is 25.7 Å². The lowest BCUT2D eigenvalue weighted by Gasteiger charge is -2.21. The maximum atomic E-state index is 13.1. The molecule has 1 fully saturated rings. The molecular weight excluding hydrogens is 214 g/mol. The van der Waals surface area contributed by atoms with Gasteiger partial charge in [-0.3, -0.25) is 0 Å². The molecule has 0 amide bonds. The zero-order valence-corrected chi connectivity index (χ0v) is 8.04. The summed E-state index contributed by atoms with van der Waals surface area (Å²) in [6.45, 7) is 0. The number of rotatable bonds is 3. The highest BCUT2D eigenvalue weighted by Gasteiger charge is 2.39. The van der Waals surface area contributed by atoms with Crippen LogP contribution >= 0.6 is 15.9 Å². The van der Waals surface area contributed by atoms with Gasteiger partial charge in [0.25, 0.3) is 5.92 Å². The molecule has 1 aliphatic carbocycles. The van der Waals surface area contributed by atoms with Crippen LogP contribution in [0.15, 0.2) is 0 Å². The van der Waals surface area contributed by atoms with Gasteiger partial charge >= 0.3 is 0 Å². The van der Waals surface area contributed by atoms with Gasteiger partial charge in [0.15, 0.2) is 0 Å². The minimum absolute atomic E-state index is 0.00231. The smallest absolute Gasteiger partial charge is 0.207 e. The van der Waals surface area contributed by atoms with E-state index in [1.54, 1.807) is 0 Å². The van der Waals surface area contributed by atoms with Crippen molar-refractivity contribution in [3.63, 3.8) is 0 Å². The molecule has 0 heterocycles. The van der Waals surface area contributed by atoms with Gasteiger partial charge in [0.05, 0.1) is 0 Å². The van der Waals surface area contributed by atoms with E-state index in [4.69, 9.17) is 0 Å². The number of hydrogen-bond donors (Lipinski definition) is 0. The van der Waals surface area contributed by atoms with Gasteiger partial charge in [0.2, 0.25) is 0 Å². The van der Waals surface area contributed by atoms with E-state index in [-0.39, 0.29) is 12.3 Å². The Morgan fingerprint density at radius 1 is 1.27 bits per heavy atom. The molecule has 0 nitrogen and oxygen atoms in total. The van der Waals surface area contributed by atoms with Crippen molar-refractivity contribution in [1.82, 2.24) is 0 Å². The van der Waals surface area contributed by atoms with E-state index < -0.39 is 5.92 Å². The van der Waals surface area contributed by atoms with Crippen molar-refractivity contribution >= 4 is 15.9 Å². The van der Waals surface area contributed by atoms with Crippen molar-refractivity contribution in [3.8, 4) is 0 Å². The fourth-order valence-corrected chi connectivity index (χ4v) is 2.21. The topological polar surface area (TPSA) is 0 Å². The van der Waals surface area contributed by atoms with Gasteiger partial charge in [-0.05, 0) is 12.8 Å². The van der Waals surface area contributed by atoms with E-state index in [1.807, 2.05) is 0 Å². The molecule has 0 aromatic heterocycles. The third-order valence-electron chi connectivity index (χ3n) is 2.38. The van der Waals surface area contributed by atoms with Crippen molar-refractivity contribution in [2.75, 3.05) is 5.33 Å². The highest BCUT2D eigenvalue weighted by molar-refractivity contribution is 9.09. The highest BCUT2D eigenvalue weighted by atomic mass is 79.9. The van der Waals surface area contributed by atoms with Crippen LogP contribution in [0.4, 0.5) is 8.78 Å². The van der Waals surface area contributed by atoms with Crippen LogP contribution in [-0.4, -0.2) is 11.3 Å². The maximum Gasteiger partial charge on any atom is 0.251 e. The zero-order chi connectivity index (χ0) is 8.32. The molecule has 0 unspecified atom stereocenters. The quantitative estimate of drug-likeness (QED) is 0.646. The van der Waals surface area contributed by atoms with E-state index in [2.05, 4.69) is 15.9 Å². The summed E-state index contributed by atoms with van der Waals surface area (Å²) in [5, 5.41) is 0.413. The van der Waals surface area contributed by atoms with Crippen LogP contribution in [0.1, 0.15) is 32.1 Å². The summed E-state index contributed by atoms with van der Waals surface area (Å²) in [6.07, 6.45) is 3.42. The van der Waals surface area contributed by atoms with Gasteiger partial charge in [0.1, 0.15) is 0 Å². The molecule has 0 aliphatic heterocycles. The lowest BCUT2D eigenvalue weighted by atomic mass is 9.98. The van der Waals surface area contributed by atoms with Crippen LogP contribution < -0.4 is 0 Å². The average molecular weight is 227 g/mol. The molecule has 1 rings (SSSR count). The van der Waals surface area contributed by atoms with E-state index in [1.165, 1.54) is 0 Å². The summed E-state index contributed by atoms with van der Waals surface area (Å²) < 4.78 is 26.2. The first kappa shape index (κ1) is 9.43. The summed E-state index contributed by atoms with van der Waals surface area (Å²) in [7, 11) is 0. The third kappa shape index (κ3) is 2.39. The first-order chi connectivity index (χ1) is 5.17. The highest BCUT2D eigenvalue weighted by Crippen LogP contribution is 2.39. The van der Waals surface area contributed by atoms with Crippen molar-refractivity contribution in [1.29, 1.82) is 0 Å². The van der Waals surface area contributed by atoms with Gasteiger partial charge in [-0.2, -0.15) is 0 Å². The molecular formula is C8H13BrF2. The molecule has 0 aromatic carbocycles.